The minimum absolute atomic E-state index is 0.301. The van der Waals surface area contributed by atoms with Gasteiger partial charge in [0.2, 0.25) is 0 Å². The molecular weight excluding hydrogens is 337 g/mol. The van der Waals surface area contributed by atoms with E-state index in [2.05, 4.69) is 20.9 Å². The molecule has 1 unspecified atom stereocenters. The van der Waals surface area contributed by atoms with Crippen LogP contribution in [0.5, 0.6) is 0 Å². The fourth-order valence-corrected chi connectivity index (χ4v) is 4.19. The lowest BCUT2D eigenvalue weighted by molar-refractivity contribution is -0.144. The van der Waals surface area contributed by atoms with Gasteiger partial charge in [-0.05, 0) is 59.3 Å². The van der Waals surface area contributed by atoms with E-state index in [1.165, 1.54) is 6.07 Å². The van der Waals surface area contributed by atoms with Crippen molar-refractivity contribution in [3.05, 3.63) is 33.2 Å². The predicted molar refractivity (Wildman–Crippen MR) is 83.2 cm³/mol. The monoisotopic (exact) mass is 353 g/mol. The number of carboxylic acid groups (broad SMARTS) is 1. The van der Waals surface area contributed by atoms with Crippen molar-refractivity contribution in [3.63, 3.8) is 0 Å². The summed E-state index contributed by atoms with van der Waals surface area (Å²) in [6, 6.07) is 1.47. The molecule has 0 saturated carbocycles. The average molecular weight is 354 g/mol. The lowest BCUT2D eigenvalue weighted by atomic mass is 9.81. The summed E-state index contributed by atoms with van der Waals surface area (Å²) >= 11 is 3.32. The summed E-state index contributed by atoms with van der Waals surface area (Å²) in [5.74, 6) is -1.09. The standard InChI is InChI=1S/C16H17BrFNO2/c1-3-5-16(15(20)21)6-4-9-11-12(17)10(18)7-8(2)13(11)19-14(9)16/h7,19H,3-6H2,1-2H3,(H,20,21). The molecule has 1 aliphatic rings. The number of carbonyl (C=O) groups is 1. The molecule has 21 heavy (non-hydrogen) atoms. The van der Waals surface area contributed by atoms with Crippen molar-refractivity contribution < 1.29 is 14.3 Å². The second-order valence-electron chi connectivity index (χ2n) is 5.86. The molecule has 3 rings (SSSR count). The highest BCUT2D eigenvalue weighted by molar-refractivity contribution is 9.10. The van der Waals surface area contributed by atoms with Crippen LogP contribution < -0.4 is 0 Å². The molecule has 1 aliphatic carbocycles. The topological polar surface area (TPSA) is 53.1 Å². The Hall–Kier alpha value is -1.36. The quantitative estimate of drug-likeness (QED) is 0.856. The summed E-state index contributed by atoms with van der Waals surface area (Å²) in [6.07, 6.45) is 2.65. The third-order valence-corrected chi connectivity index (χ3v) is 5.41. The van der Waals surface area contributed by atoms with Gasteiger partial charge >= 0.3 is 5.97 Å². The van der Waals surface area contributed by atoms with Crippen molar-refractivity contribution in [3.8, 4) is 0 Å². The van der Waals surface area contributed by atoms with E-state index in [0.29, 0.717) is 23.7 Å². The van der Waals surface area contributed by atoms with Gasteiger partial charge in [0.1, 0.15) is 11.2 Å². The Balaban J connectivity index is 2.34. The molecule has 0 spiro atoms. The maximum atomic E-state index is 14.0. The van der Waals surface area contributed by atoms with Crippen LogP contribution in [-0.4, -0.2) is 16.1 Å². The predicted octanol–water partition coefficient (Wildman–Crippen LogP) is 4.45. The molecule has 3 nitrogen and oxygen atoms in total. The van der Waals surface area contributed by atoms with Gasteiger partial charge in [-0.15, -0.1) is 0 Å². The first-order chi connectivity index (χ1) is 9.92. The van der Waals surface area contributed by atoms with Crippen molar-refractivity contribution in [2.45, 2.75) is 44.9 Å². The molecule has 0 radical (unpaired) electrons. The molecule has 0 bridgehead atoms. The van der Waals surface area contributed by atoms with E-state index < -0.39 is 11.4 Å². The minimum Gasteiger partial charge on any atom is -0.481 e. The highest BCUT2D eigenvalue weighted by Crippen LogP contribution is 2.47. The second-order valence-corrected chi connectivity index (χ2v) is 6.65. The Kier molecular flexibility index (Phi) is 3.35. The summed E-state index contributed by atoms with van der Waals surface area (Å²) in [4.78, 5) is 15.2. The van der Waals surface area contributed by atoms with E-state index >= 15 is 0 Å². The van der Waals surface area contributed by atoms with E-state index in [-0.39, 0.29) is 5.82 Å². The molecule has 2 aromatic rings. The Labute approximate surface area is 130 Å². The van der Waals surface area contributed by atoms with Crippen LogP contribution in [0.25, 0.3) is 10.9 Å². The van der Waals surface area contributed by atoms with Crippen molar-refractivity contribution in [2.24, 2.45) is 0 Å². The Morgan fingerprint density at radius 3 is 2.90 bits per heavy atom. The number of aromatic nitrogens is 1. The van der Waals surface area contributed by atoms with Gasteiger partial charge in [-0.25, -0.2) is 4.39 Å². The van der Waals surface area contributed by atoms with Gasteiger partial charge in [0, 0.05) is 11.1 Å². The number of aryl methyl sites for hydroxylation is 2. The Bertz CT molecular complexity index is 753. The summed E-state index contributed by atoms with van der Waals surface area (Å²) in [5.41, 5.74) is 2.51. The summed E-state index contributed by atoms with van der Waals surface area (Å²) in [7, 11) is 0. The molecule has 1 aromatic heterocycles. The van der Waals surface area contributed by atoms with Crippen LogP contribution in [0, 0.1) is 12.7 Å². The largest absolute Gasteiger partial charge is 0.481 e. The molecule has 5 heteroatoms. The highest BCUT2D eigenvalue weighted by Gasteiger charge is 2.47. The first-order valence-corrected chi connectivity index (χ1v) is 7.94. The number of hydrogen-bond acceptors (Lipinski definition) is 1. The zero-order chi connectivity index (χ0) is 15.4. The van der Waals surface area contributed by atoms with Crippen LogP contribution in [0.3, 0.4) is 0 Å². The van der Waals surface area contributed by atoms with Gasteiger partial charge in [0.25, 0.3) is 0 Å². The number of H-pyrrole nitrogens is 1. The summed E-state index contributed by atoms with van der Waals surface area (Å²) < 4.78 is 14.4. The molecule has 112 valence electrons. The molecule has 1 atom stereocenters. The van der Waals surface area contributed by atoms with Crippen molar-refractivity contribution >= 4 is 32.8 Å². The number of benzene rings is 1. The van der Waals surface area contributed by atoms with E-state index in [1.54, 1.807) is 0 Å². The molecule has 1 aromatic carbocycles. The second kappa shape index (κ2) is 4.83. The number of hydrogen-bond donors (Lipinski definition) is 2. The van der Waals surface area contributed by atoms with Gasteiger partial charge in [0.05, 0.1) is 9.99 Å². The van der Waals surface area contributed by atoms with Gasteiger partial charge in [0.15, 0.2) is 0 Å². The van der Waals surface area contributed by atoms with Crippen LogP contribution in [-0.2, 0) is 16.6 Å². The normalized spacial score (nSPS) is 21.0. The fraction of sp³-hybridized carbons (Fsp3) is 0.438. The maximum absolute atomic E-state index is 14.0. The minimum atomic E-state index is -0.856. The van der Waals surface area contributed by atoms with Crippen molar-refractivity contribution in [1.29, 1.82) is 0 Å². The number of carboxylic acids is 1. The van der Waals surface area contributed by atoms with E-state index in [9.17, 15) is 14.3 Å². The molecule has 1 heterocycles. The third kappa shape index (κ3) is 1.86. The Morgan fingerprint density at radius 1 is 1.57 bits per heavy atom. The molecule has 0 aliphatic heterocycles. The van der Waals surface area contributed by atoms with Crippen molar-refractivity contribution in [2.75, 3.05) is 0 Å². The molecule has 2 N–H and O–H groups in total. The smallest absolute Gasteiger partial charge is 0.315 e. The van der Waals surface area contributed by atoms with E-state index in [1.807, 2.05) is 13.8 Å². The van der Waals surface area contributed by atoms with Crippen LogP contribution in [0.15, 0.2) is 10.5 Å². The van der Waals surface area contributed by atoms with Gasteiger partial charge in [-0.1, -0.05) is 13.3 Å². The van der Waals surface area contributed by atoms with Crippen LogP contribution in [0.1, 0.15) is 43.0 Å². The van der Waals surface area contributed by atoms with Gasteiger partial charge in [-0.2, -0.15) is 0 Å². The van der Waals surface area contributed by atoms with E-state index in [0.717, 1.165) is 34.1 Å². The molecule has 0 saturated heterocycles. The van der Waals surface area contributed by atoms with Gasteiger partial charge in [-0.3, -0.25) is 4.79 Å². The summed E-state index contributed by atoms with van der Waals surface area (Å²) in [6.45, 7) is 3.83. The van der Waals surface area contributed by atoms with Crippen molar-refractivity contribution in [1.82, 2.24) is 4.98 Å². The summed E-state index contributed by atoms with van der Waals surface area (Å²) in [5, 5.41) is 10.6. The van der Waals surface area contributed by atoms with E-state index in [4.69, 9.17) is 0 Å². The number of aromatic amines is 1. The molecule has 0 fully saturated rings. The highest BCUT2D eigenvalue weighted by atomic mass is 79.9. The van der Waals surface area contributed by atoms with Crippen LogP contribution in [0.2, 0.25) is 0 Å². The number of nitrogens with one attached hydrogen (secondary N) is 1. The average Bonchev–Trinajstić information content (AvgIpc) is 2.95. The zero-order valence-corrected chi connectivity index (χ0v) is 13.6. The first-order valence-electron chi connectivity index (χ1n) is 7.15. The molecular formula is C16H17BrFNO2. The van der Waals surface area contributed by atoms with Gasteiger partial charge < -0.3 is 10.1 Å². The maximum Gasteiger partial charge on any atom is 0.315 e. The number of halogens is 2. The van der Waals surface area contributed by atoms with Crippen LogP contribution in [0.4, 0.5) is 4.39 Å². The number of rotatable bonds is 3. The fourth-order valence-electron chi connectivity index (χ4n) is 3.64. The van der Waals surface area contributed by atoms with Crippen LogP contribution >= 0.6 is 15.9 Å². The Morgan fingerprint density at radius 2 is 2.29 bits per heavy atom. The lowest BCUT2D eigenvalue weighted by Crippen LogP contribution is -2.33. The lowest BCUT2D eigenvalue weighted by Gasteiger charge is -2.23. The molecule has 0 amide bonds. The zero-order valence-electron chi connectivity index (χ0n) is 12.0. The number of aliphatic carboxylic acids is 1. The SMILES string of the molecule is CCCC1(C(=O)O)CCc2c1[nH]c1c(C)cc(F)c(Br)c21. The first kappa shape index (κ1) is 14.6. The third-order valence-electron chi connectivity index (χ3n) is 4.64. The number of fused-ring (bicyclic) bond motifs is 3.